The van der Waals surface area contributed by atoms with Crippen molar-refractivity contribution in [2.24, 2.45) is 5.92 Å². The second-order valence-electron chi connectivity index (χ2n) is 4.31. The molecule has 4 nitrogen and oxygen atoms in total. The van der Waals surface area contributed by atoms with Gasteiger partial charge in [-0.05, 0) is 18.8 Å². The molecule has 0 aromatic heterocycles. The average Bonchev–Trinajstić information content (AvgIpc) is 2.49. The molecule has 0 unspecified atom stereocenters. The first-order valence-corrected chi connectivity index (χ1v) is 5.18. The molecular weight excluding hydrogens is 181 g/mol. The Hall–Kier alpha value is -0.545. The third-order valence-electron chi connectivity index (χ3n) is 2.55. The fourth-order valence-electron chi connectivity index (χ4n) is 1.88. The van der Waals surface area contributed by atoms with Gasteiger partial charge in [0.1, 0.15) is 0 Å². The number of likely N-dealkylation sites (tertiary alicyclic amines) is 1. The lowest BCUT2D eigenvalue weighted by Crippen LogP contribution is -2.45. The monoisotopic (exact) mass is 199 g/mol. The summed E-state index contributed by atoms with van der Waals surface area (Å²) in [5.74, 6) is -0.0311. The number of hydrogen-bond donors (Lipinski definition) is 2. The van der Waals surface area contributed by atoms with Crippen LogP contribution in [-0.2, 0) is 4.79 Å². The predicted molar refractivity (Wildman–Crippen MR) is 54.4 cm³/mol. The summed E-state index contributed by atoms with van der Waals surface area (Å²) in [4.78, 5) is 13.3. The van der Waals surface area contributed by atoms with E-state index in [1.54, 1.807) is 4.90 Å². The molecule has 5 heteroatoms. The van der Waals surface area contributed by atoms with Crippen LogP contribution in [0.3, 0.4) is 0 Å². The minimum absolute atomic E-state index is 0.0376. The first kappa shape index (κ1) is 11.5. The molecule has 0 saturated carbocycles. The molecule has 1 aliphatic rings. The van der Waals surface area contributed by atoms with Crippen molar-refractivity contribution in [3.63, 3.8) is 0 Å². The third-order valence-corrected chi connectivity index (χ3v) is 2.55. The molecule has 0 aromatic rings. The van der Waals surface area contributed by atoms with Gasteiger partial charge in [-0.2, -0.15) is 0 Å². The summed E-state index contributed by atoms with van der Waals surface area (Å²) >= 11 is 0. The highest BCUT2D eigenvalue weighted by Gasteiger charge is 2.36. The van der Waals surface area contributed by atoms with Gasteiger partial charge in [0.25, 0.3) is 0 Å². The molecule has 0 spiro atoms. The van der Waals surface area contributed by atoms with Gasteiger partial charge in [-0.1, -0.05) is 13.8 Å². The summed E-state index contributed by atoms with van der Waals surface area (Å²) in [5, 5.41) is 18.1. The van der Waals surface area contributed by atoms with Crippen LogP contribution in [0.15, 0.2) is 0 Å². The molecule has 80 valence electrons. The van der Waals surface area contributed by atoms with Crippen molar-refractivity contribution in [1.29, 1.82) is 0 Å². The molecule has 0 aliphatic carbocycles. The van der Waals surface area contributed by atoms with Crippen LogP contribution >= 0.6 is 0 Å². The lowest BCUT2D eigenvalue weighted by Gasteiger charge is -2.24. The van der Waals surface area contributed by atoms with Crippen molar-refractivity contribution >= 4 is 13.0 Å². The van der Waals surface area contributed by atoms with Crippen LogP contribution in [0, 0.1) is 5.92 Å². The van der Waals surface area contributed by atoms with Gasteiger partial charge in [-0.25, -0.2) is 0 Å². The van der Waals surface area contributed by atoms with Gasteiger partial charge in [0.05, 0.1) is 5.94 Å². The van der Waals surface area contributed by atoms with Crippen LogP contribution in [0.2, 0.25) is 0 Å². The second-order valence-corrected chi connectivity index (χ2v) is 4.31. The molecule has 0 aromatic carbocycles. The van der Waals surface area contributed by atoms with E-state index in [-0.39, 0.29) is 11.8 Å². The maximum Gasteiger partial charge on any atom is 0.475 e. The molecule has 0 radical (unpaired) electrons. The van der Waals surface area contributed by atoms with E-state index in [1.165, 1.54) is 0 Å². The highest BCUT2D eigenvalue weighted by Crippen LogP contribution is 2.20. The van der Waals surface area contributed by atoms with Gasteiger partial charge in [0.15, 0.2) is 0 Å². The Labute approximate surface area is 85.1 Å². The maximum absolute atomic E-state index is 11.7. The van der Waals surface area contributed by atoms with Crippen LogP contribution in [0.4, 0.5) is 0 Å². The van der Waals surface area contributed by atoms with Gasteiger partial charge in [-0.3, -0.25) is 4.79 Å². The number of rotatable bonds is 3. The van der Waals surface area contributed by atoms with Crippen molar-refractivity contribution in [3.8, 4) is 0 Å². The zero-order chi connectivity index (χ0) is 10.7. The standard InChI is InChI=1S/C9H18BNO3/c1-7(2)6-9(12)11-5-3-4-8(11)10(13)14/h7-8,13-14H,3-6H2,1-2H3/t8-/m0/s1. The molecule has 14 heavy (non-hydrogen) atoms. The lowest BCUT2D eigenvalue weighted by atomic mass is 9.78. The average molecular weight is 199 g/mol. The first-order valence-electron chi connectivity index (χ1n) is 5.18. The summed E-state index contributed by atoms with van der Waals surface area (Å²) < 4.78 is 0. The van der Waals surface area contributed by atoms with E-state index in [4.69, 9.17) is 10.0 Å². The topological polar surface area (TPSA) is 60.8 Å². The van der Waals surface area contributed by atoms with Crippen molar-refractivity contribution in [3.05, 3.63) is 0 Å². The molecule has 2 N–H and O–H groups in total. The van der Waals surface area contributed by atoms with E-state index in [2.05, 4.69) is 0 Å². The van der Waals surface area contributed by atoms with E-state index in [1.807, 2.05) is 13.8 Å². The molecule has 1 heterocycles. The first-order chi connectivity index (χ1) is 6.52. The van der Waals surface area contributed by atoms with E-state index in [0.29, 0.717) is 25.3 Å². The number of carbonyl (C=O) groups is 1. The second kappa shape index (κ2) is 4.80. The van der Waals surface area contributed by atoms with Crippen molar-refractivity contribution in [2.75, 3.05) is 6.54 Å². The molecular formula is C9H18BNO3. The van der Waals surface area contributed by atoms with E-state index in [0.717, 1.165) is 6.42 Å². The molecule has 1 atom stereocenters. The Morgan fingerprint density at radius 3 is 2.71 bits per heavy atom. The van der Waals surface area contributed by atoms with Crippen molar-refractivity contribution in [1.82, 2.24) is 4.90 Å². The highest BCUT2D eigenvalue weighted by molar-refractivity contribution is 6.43. The minimum atomic E-state index is -1.39. The summed E-state index contributed by atoms with van der Waals surface area (Å²) in [6.07, 6.45) is 2.05. The predicted octanol–water partition coefficient (Wildman–Crippen LogP) is 0.0355. The van der Waals surface area contributed by atoms with Gasteiger partial charge < -0.3 is 14.9 Å². The number of amides is 1. The Morgan fingerprint density at radius 2 is 2.21 bits per heavy atom. The number of nitrogens with zero attached hydrogens (tertiary/aromatic N) is 1. The van der Waals surface area contributed by atoms with Crippen LogP contribution in [0.5, 0.6) is 0 Å². The number of carbonyl (C=O) groups excluding carboxylic acids is 1. The van der Waals surface area contributed by atoms with Crippen LogP contribution in [-0.4, -0.2) is 40.5 Å². The normalized spacial score (nSPS) is 21.8. The van der Waals surface area contributed by atoms with Gasteiger partial charge in [-0.15, -0.1) is 0 Å². The van der Waals surface area contributed by atoms with Crippen LogP contribution < -0.4 is 0 Å². The Balaban J connectivity index is 2.53. The number of hydrogen-bond acceptors (Lipinski definition) is 3. The molecule has 1 fully saturated rings. The summed E-state index contributed by atoms with van der Waals surface area (Å²) in [6, 6.07) is 0. The van der Waals surface area contributed by atoms with E-state index in [9.17, 15) is 4.79 Å². The van der Waals surface area contributed by atoms with Gasteiger partial charge in [0.2, 0.25) is 5.91 Å². The summed E-state index contributed by atoms with van der Waals surface area (Å²) in [5.41, 5.74) is 0. The summed E-state index contributed by atoms with van der Waals surface area (Å²) in [6.45, 7) is 4.63. The summed E-state index contributed by atoms with van der Waals surface area (Å²) in [7, 11) is -1.39. The zero-order valence-electron chi connectivity index (χ0n) is 8.81. The van der Waals surface area contributed by atoms with E-state index < -0.39 is 7.12 Å². The quantitative estimate of drug-likeness (QED) is 0.630. The van der Waals surface area contributed by atoms with Gasteiger partial charge >= 0.3 is 7.12 Å². The Kier molecular flexibility index (Phi) is 3.95. The smallest absolute Gasteiger partial charge is 0.426 e. The van der Waals surface area contributed by atoms with Crippen molar-refractivity contribution < 1.29 is 14.8 Å². The van der Waals surface area contributed by atoms with Gasteiger partial charge in [0, 0.05) is 13.0 Å². The van der Waals surface area contributed by atoms with Crippen LogP contribution in [0.1, 0.15) is 33.1 Å². The minimum Gasteiger partial charge on any atom is -0.426 e. The molecule has 1 rings (SSSR count). The third kappa shape index (κ3) is 2.72. The fraction of sp³-hybridized carbons (Fsp3) is 0.889. The van der Waals surface area contributed by atoms with Crippen molar-refractivity contribution in [2.45, 2.75) is 39.1 Å². The fourth-order valence-corrected chi connectivity index (χ4v) is 1.88. The Morgan fingerprint density at radius 1 is 1.57 bits per heavy atom. The Bertz CT molecular complexity index is 208. The largest absolute Gasteiger partial charge is 0.475 e. The molecule has 0 bridgehead atoms. The molecule has 1 saturated heterocycles. The lowest BCUT2D eigenvalue weighted by molar-refractivity contribution is -0.131. The maximum atomic E-state index is 11.7. The molecule has 1 amide bonds. The van der Waals surface area contributed by atoms with Crippen LogP contribution in [0.25, 0.3) is 0 Å². The highest BCUT2D eigenvalue weighted by atomic mass is 16.4. The van der Waals surface area contributed by atoms with E-state index >= 15 is 0 Å². The molecule has 1 aliphatic heterocycles. The zero-order valence-corrected chi connectivity index (χ0v) is 8.81. The SMILES string of the molecule is CC(C)CC(=O)N1CCC[C@H]1B(O)O.